The zero-order valence-electron chi connectivity index (χ0n) is 16.3. The lowest BCUT2D eigenvalue weighted by molar-refractivity contribution is -0.119. The van der Waals surface area contributed by atoms with Gasteiger partial charge in [0.05, 0.1) is 0 Å². The fourth-order valence-electron chi connectivity index (χ4n) is 4.52. The Morgan fingerprint density at radius 1 is 1.04 bits per heavy atom. The molecule has 1 aliphatic heterocycles. The number of hydrogen-bond acceptors (Lipinski definition) is 3. The van der Waals surface area contributed by atoms with Gasteiger partial charge in [-0.1, -0.05) is 0 Å². The molecule has 1 aliphatic carbocycles. The first-order chi connectivity index (χ1) is 13.0. The van der Waals surface area contributed by atoms with Gasteiger partial charge in [-0.25, -0.2) is 4.39 Å². The van der Waals surface area contributed by atoms with Crippen LogP contribution < -0.4 is 5.32 Å². The van der Waals surface area contributed by atoms with Crippen LogP contribution in [0.5, 0.6) is 0 Å². The van der Waals surface area contributed by atoms with E-state index in [1.54, 1.807) is 19.1 Å². The van der Waals surface area contributed by atoms with Crippen LogP contribution in [0.15, 0.2) is 24.3 Å². The van der Waals surface area contributed by atoms with E-state index in [4.69, 9.17) is 0 Å². The monoisotopic (exact) mass is 374 g/mol. The number of carbonyl (C=O) groups excluding carboxylic acids is 2. The SMILES string of the molecule is CC(=O)NC1CCC(CCN2CCC(C(=O)c3ccc(F)cc3)CC2)CC1. The number of Topliss-reactive ketones (excluding diaryl/α,β-unsaturated/α-hetero) is 1. The number of halogens is 1. The lowest BCUT2D eigenvalue weighted by Crippen LogP contribution is -2.39. The molecule has 1 N–H and O–H groups in total. The maximum Gasteiger partial charge on any atom is 0.217 e. The molecule has 1 aromatic rings. The van der Waals surface area contributed by atoms with Crippen LogP contribution in [0.1, 0.15) is 62.2 Å². The van der Waals surface area contributed by atoms with Crippen molar-refractivity contribution < 1.29 is 14.0 Å². The van der Waals surface area contributed by atoms with Gasteiger partial charge in [0.1, 0.15) is 5.82 Å². The average Bonchev–Trinajstić information content (AvgIpc) is 2.67. The second kappa shape index (κ2) is 9.45. The van der Waals surface area contributed by atoms with Crippen molar-refractivity contribution in [3.05, 3.63) is 35.6 Å². The molecule has 1 saturated heterocycles. The van der Waals surface area contributed by atoms with Crippen molar-refractivity contribution >= 4 is 11.7 Å². The van der Waals surface area contributed by atoms with Gasteiger partial charge in [0.2, 0.25) is 5.91 Å². The fraction of sp³-hybridized carbons (Fsp3) is 0.636. The molecule has 0 spiro atoms. The highest BCUT2D eigenvalue weighted by Gasteiger charge is 2.27. The van der Waals surface area contributed by atoms with E-state index in [2.05, 4.69) is 10.2 Å². The molecule has 0 aromatic heterocycles. The van der Waals surface area contributed by atoms with Crippen LogP contribution in [0.3, 0.4) is 0 Å². The predicted octanol–water partition coefficient (Wildman–Crippen LogP) is 3.81. The molecule has 1 aromatic carbocycles. The Morgan fingerprint density at radius 2 is 1.67 bits per heavy atom. The number of amides is 1. The smallest absolute Gasteiger partial charge is 0.217 e. The summed E-state index contributed by atoms with van der Waals surface area (Å²) in [7, 11) is 0. The Kier molecular flexibility index (Phi) is 7.00. The van der Waals surface area contributed by atoms with Gasteiger partial charge in [0.15, 0.2) is 5.78 Å². The number of hydrogen-bond donors (Lipinski definition) is 1. The quantitative estimate of drug-likeness (QED) is 0.771. The van der Waals surface area contributed by atoms with Gasteiger partial charge in [-0.2, -0.15) is 0 Å². The van der Waals surface area contributed by atoms with Crippen molar-refractivity contribution in [2.24, 2.45) is 11.8 Å². The lowest BCUT2D eigenvalue weighted by atomic mass is 9.83. The summed E-state index contributed by atoms with van der Waals surface area (Å²) >= 11 is 0. The van der Waals surface area contributed by atoms with E-state index in [1.807, 2.05) is 0 Å². The zero-order chi connectivity index (χ0) is 19.2. The standard InChI is InChI=1S/C22H31FN2O2/c1-16(26)24-21-8-2-17(3-9-21)10-13-25-14-11-19(12-15-25)22(27)18-4-6-20(23)7-5-18/h4-7,17,19,21H,2-3,8-15H2,1H3,(H,24,26). The number of ketones is 1. The van der Waals surface area contributed by atoms with Crippen LogP contribution in [0.2, 0.25) is 0 Å². The molecule has 0 unspecified atom stereocenters. The zero-order valence-corrected chi connectivity index (χ0v) is 16.3. The largest absolute Gasteiger partial charge is 0.354 e. The first-order valence-electron chi connectivity index (χ1n) is 10.3. The van der Waals surface area contributed by atoms with E-state index in [-0.39, 0.29) is 23.4 Å². The van der Waals surface area contributed by atoms with Gasteiger partial charge < -0.3 is 10.2 Å². The molecular weight excluding hydrogens is 343 g/mol. The van der Waals surface area contributed by atoms with E-state index < -0.39 is 0 Å². The summed E-state index contributed by atoms with van der Waals surface area (Å²) in [5.74, 6) is 0.767. The second-order valence-corrected chi connectivity index (χ2v) is 8.19. The molecule has 0 bridgehead atoms. The molecular formula is C22H31FN2O2. The van der Waals surface area contributed by atoms with E-state index in [1.165, 1.54) is 31.4 Å². The van der Waals surface area contributed by atoms with Crippen LogP contribution in [-0.2, 0) is 4.79 Å². The molecule has 2 fully saturated rings. The van der Waals surface area contributed by atoms with E-state index >= 15 is 0 Å². The van der Waals surface area contributed by atoms with E-state index in [9.17, 15) is 14.0 Å². The third kappa shape index (κ3) is 5.86. The van der Waals surface area contributed by atoms with Crippen LogP contribution in [0.25, 0.3) is 0 Å². The number of nitrogens with zero attached hydrogens (tertiary/aromatic N) is 1. The fourth-order valence-corrected chi connectivity index (χ4v) is 4.52. The molecule has 27 heavy (non-hydrogen) atoms. The third-order valence-electron chi connectivity index (χ3n) is 6.19. The summed E-state index contributed by atoms with van der Waals surface area (Å²) in [5.41, 5.74) is 0.630. The van der Waals surface area contributed by atoms with Crippen molar-refractivity contribution in [2.45, 2.75) is 57.9 Å². The highest BCUT2D eigenvalue weighted by molar-refractivity contribution is 5.97. The predicted molar refractivity (Wildman–Crippen MR) is 104 cm³/mol. The van der Waals surface area contributed by atoms with Crippen molar-refractivity contribution in [3.8, 4) is 0 Å². The molecule has 4 nitrogen and oxygen atoms in total. The summed E-state index contributed by atoms with van der Waals surface area (Å²) in [5, 5.41) is 3.04. The van der Waals surface area contributed by atoms with Crippen LogP contribution in [0, 0.1) is 17.7 Å². The van der Waals surface area contributed by atoms with Crippen LogP contribution in [-0.4, -0.2) is 42.3 Å². The highest BCUT2D eigenvalue weighted by Crippen LogP contribution is 2.28. The molecule has 1 heterocycles. The van der Waals surface area contributed by atoms with Gasteiger partial charge in [0, 0.05) is 24.4 Å². The molecule has 1 amide bonds. The summed E-state index contributed by atoms with van der Waals surface area (Å²) < 4.78 is 13.0. The van der Waals surface area contributed by atoms with Gasteiger partial charge in [-0.05, 0) is 94.8 Å². The molecule has 3 rings (SSSR count). The minimum absolute atomic E-state index is 0.0693. The molecule has 5 heteroatoms. The average molecular weight is 375 g/mol. The van der Waals surface area contributed by atoms with Gasteiger partial charge in [-0.15, -0.1) is 0 Å². The number of likely N-dealkylation sites (tertiary alicyclic amines) is 1. The molecule has 0 atom stereocenters. The Labute approximate surface area is 161 Å². The van der Waals surface area contributed by atoms with Crippen molar-refractivity contribution in [1.29, 1.82) is 0 Å². The lowest BCUT2D eigenvalue weighted by Gasteiger charge is -2.34. The van der Waals surface area contributed by atoms with Gasteiger partial charge >= 0.3 is 0 Å². The second-order valence-electron chi connectivity index (χ2n) is 8.19. The number of benzene rings is 1. The Morgan fingerprint density at radius 3 is 2.26 bits per heavy atom. The number of rotatable bonds is 6. The van der Waals surface area contributed by atoms with Crippen molar-refractivity contribution in [3.63, 3.8) is 0 Å². The van der Waals surface area contributed by atoms with Gasteiger partial charge in [-0.3, -0.25) is 9.59 Å². The first kappa shape index (κ1) is 20.0. The maximum atomic E-state index is 13.0. The van der Waals surface area contributed by atoms with Crippen LogP contribution in [0.4, 0.5) is 4.39 Å². The maximum absolute atomic E-state index is 13.0. The van der Waals surface area contributed by atoms with E-state index in [0.717, 1.165) is 51.2 Å². The number of nitrogens with one attached hydrogen (secondary N) is 1. The minimum atomic E-state index is -0.299. The normalized spacial score (nSPS) is 24.5. The molecule has 0 radical (unpaired) electrons. The summed E-state index contributed by atoms with van der Waals surface area (Å²) in [6, 6.07) is 6.29. The Hall–Kier alpha value is -1.75. The molecule has 148 valence electrons. The first-order valence-corrected chi connectivity index (χ1v) is 10.3. The molecule has 1 saturated carbocycles. The minimum Gasteiger partial charge on any atom is -0.354 e. The third-order valence-corrected chi connectivity index (χ3v) is 6.19. The Balaban J connectivity index is 1.36. The van der Waals surface area contributed by atoms with Crippen molar-refractivity contribution in [1.82, 2.24) is 10.2 Å². The number of carbonyl (C=O) groups is 2. The van der Waals surface area contributed by atoms with E-state index in [0.29, 0.717) is 11.6 Å². The van der Waals surface area contributed by atoms with Crippen LogP contribution >= 0.6 is 0 Å². The topological polar surface area (TPSA) is 49.4 Å². The molecule has 2 aliphatic rings. The van der Waals surface area contributed by atoms with Crippen molar-refractivity contribution in [2.75, 3.05) is 19.6 Å². The summed E-state index contributed by atoms with van der Waals surface area (Å²) in [6.07, 6.45) is 7.59. The van der Waals surface area contributed by atoms with Gasteiger partial charge in [0.25, 0.3) is 0 Å². The number of piperidine rings is 1. The summed E-state index contributed by atoms with van der Waals surface area (Å²) in [6.45, 7) is 4.64. The Bertz CT molecular complexity index is 630. The highest BCUT2D eigenvalue weighted by atomic mass is 19.1. The summed E-state index contributed by atoms with van der Waals surface area (Å²) in [4.78, 5) is 26.2.